The third kappa shape index (κ3) is 2.24. The molecule has 0 aromatic heterocycles. The minimum atomic E-state index is -1.27. The van der Waals surface area contributed by atoms with E-state index in [1.807, 2.05) is 6.07 Å². The third-order valence-electron chi connectivity index (χ3n) is 2.46. The second kappa shape index (κ2) is 4.75. The van der Waals surface area contributed by atoms with Gasteiger partial charge in [0.05, 0.1) is 11.4 Å². The van der Waals surface area contributed by atoms with E-state index in [0.29, 0.717) is 5.69 Å². The first kappa shape index (κ1) is 11.9. The maximum absolute atomic E-state index is 13.2. The lowest BCUT2D eigenvalue weighted by Gasteiger charge is -2.11. The lowest BCUT2D eigenvalue weighted by atomic mass is 10.1. The van der Waals surface area contributed by atoms with Gasteiger partial charge in [-0.1, -0.05) is 18.2 Å². The summed E-state index contributed by atoms with van der Waals surface area (Å²) in [6.45, 7) is 0. The Labute approximate surface area is 103 Å². The predicted molar refractivity (Wildman–Crippen MR) is 67.5 cm³/mol. The fourth-order valence-electron chi connectivity index (χ4n) is 1.61. The molecule has 0 aliphatic rings. The highest BCUT2D eigenvalue weighted by Gasteiger charge is 2.17. The Hall–Kier alpha value is -2.56. The largest absolute Gasteiger partial charge is 0.478 e. The molecule has 4 N–H and O–H groups in total. The van der Waals surface area contributed by atoms with E-state index in [-0.39, 0.29) is 16.9 Å². The summed E-state index contributed by atoms with van der Waals surface area (Å²) in [5.74, 6) is -2.02. The molecule has 0 amide bonds. The van der Waals surface area contributed by atoms with Crippen LogP contribution in [0, 0.1) is 5.82 Å². The number of para-hydroxylation sites is 1. The molecule has 5 heteroatoms. The van der Waals surface area contributed by atoms with Gasteiger partial charge in [-0.2, -0.15) is 0 Å². The Morgan fingerprint density at radius 2 is 1.83 bits per heavy atom. The molecule has 0 fully saturated rings. The van der Waals surface area contributed by atoms with E-state index in [1.165, 1.54) is 6.07 Å². The monoisotopic (exact) mass is 246 g/mol. The first-order chi connectivity index (χ1) is 8.59. The molecule has 0 aliphatic heterocycles. The van der Waals surface area contributed by atoms with Crippen LogP contribution in [0.15, 0.2) is 42.5 Å². The van der Waals surface area contributed by atoms with Gasteiger partial charge in [0.1, 0.15) is 11.4 Å². The van der Waals surface area contributed by atoms with E-state index >= 15 is 0 Å². The van der Waals surface area contributed by atoms with Crippen LogP contribution in [0.25, 0.3) is 0 Å². The minimum absolute atomic E-state index is 0.257. The van der Waals surface area contributed by atoms with Gasteiger partial charge in [-0.15, -0.1) is 0 Å². The molecular formula is C13H11FN2O2. The molecule has 2 aromatic carbocycles. The van der Waals surface area contributed by atoms with Gasteiger partial charge in [-0.05, 0) is 24.3 Å². The van der Waals surface area contributed by atoms with Gasteiger partial charge in [0.25, 0.3) is 0 Å². The fraction of sp³-hybridized carbons (Fsp3) is 0. The summed E-state index contributed by atoms with van der Waals surface area (Å²) in [5, 5.41) is 12.0. The van der Waals surface area contributed by atoms with Crippen molar-refractivity contribution in [2.24, 2.45) is 0 Å². The van der Waals surface area contributed by atoms with Crippen molar-refractivity contribution < 1.29 is 14.3 Å². The summed E-state index contributed by atoms with van der Waals surface area (Å²) >= 11 is 0. The topological polar surface area (TPSA) is 75.3 Å². The number of nitrogens with two attached hydrogens (primary N) is 1. The molecule has 0 radical (unpaired) electrons. The van der Waals surface area contributed by atoms with E-state index in [0.717, 1.165) is 6.07 Å². The molecule has 0 aliphatic carbocycles. The van der Waals surface area contributed by atoms with Gasteiger partial charge in [-0.25, -0.2) is 9.18 Å². The first-order valence-corrected chi connectivity index (χ1v) is 5.23. The molecule has 0 bridgehead atoms. The molecule has 2 aromatic rings. The number of anilines is 3. The summed E-state index contributed by atoms with van der Waals surface area (Å²) in [6, 6.07) is 11.5. The van der Waals surface area contributed by atoms with Crippen molar-refractivity contribution >= 4 is 23.0 Å². The zero-order valence-corrected chi connectivity index (χ0v) is 9.35. The van der Waals surface area contributed by atoms with E-state index in [2.05, 4.69) is 5.32 Å². The highest BCUT2D eigenvalue weighted by atomic mass is 19.1. The van der Waals surface area contributed by atoms with Gasteiger partial charge in [0, 0.05) is 5.69 Å². The van der Waals surface area contributed by atoms with Gasteiger partial charge >= 0.3 is 5.97 Å². The van der Waals surface area contributed by atoms with Gasteiger partial charge in [0.15, 0.2) is 0 Å². The number of nitrogens with one attached hydrogen (secondary N) is 1. The van der Waals surface area contributed by atoms with E-state index < -0.39 is 11.8 Å². The zero-order valence-electron chi connectivity index (χ0n) is 9.35. The highest BCUT2D eigenvalue weighted by Crippen LogP contribution is 2.27. The molecular weight excluding hydrogens is 235 g/mol. The van der Waals surface area contributed by atoms with Crippen LogP contribution < -0.4 is 11.1 Å². The maximum Gasteiger partial charge on any atom is 0.340 e. The Balaban J connectivity index is 2.45. The normalized spacial score (nSPS) is 10.1. The predicted octanol–water partition coefficient (Wildman–Crippen LogP) is 2.85. The Kier molecular flexibility index (Phi) is 3.14. The molecule has 0 unspecified atom stereocenters. The highest BCUT2D eigenvalue weighted by molar-refractivity contribution is 6.00. The van der Waals surface area contributed by atoms with Crippen LogP contribution in [0.4, 0.5) is 21.5 Å². The Morgan fingerprint density at radius 3 is 2.44 bits per heavy atom. The van der Waals surface area contributed by atoms with Crippen molar-refractivity contribution in [3.8, 4) is 0 Å². The first-order valence-electron chi connectivity index (χ1n) is 5.23. The summed E-state index contributed by atoms with van der Waals surface area (Å²) in [6.07, 6.45) is 0. The molecule has 2 rings (SSSR count). The van der Waals surface area contributed by atoms with Gasteiger partial charge in [-0.3, -0.25) is 0 Å². The number of halogens is 1. The third-order valence-corrected chi connectivity index (χ3v) is 2.46. The molecule has 18 heavy (non-hydrogen) atoms. The average molecular weight is 246 g/mol. The van der Waals surface area contributed by atoms with Crippen LogP contribution in [0.5, 0.6) is 0 Å². The van der Waals surface area contributed by atoms with Gasteiger partial charge < -0.3 is 16.2 Å². The van der Waals surface area contributed by atoms with Crippen molar-refractivity contribution in [2.75, 3.05) is 11.1 Å². The summed E-state index contributed by atoms with van der Waals surface area (Å²) in [5.41, 5.74) is 5.76. The van der Waals surface area contributed by atoms with Crippen LogP contribution in [0.3, 0.4) is 0 Å². The smallest absolute Gasteiger partial charge is 0.340 e. The Morgan fingerprint density at radius 1 is 1.17 bits per heavy atom. The van der Waals surface area contributed by atoms with Crippen LogP contribution in [-0.4, -0.2) is 11.1 Å². The molecule has 0 saturated heterocycles. The lowest BCUT2D eigenvalue weighted by molar-refractivity contribution is 0.0698. The van der Waals surface area contributed by atoms with E-state index in [4.69, 9.17) is 10.8 Å². The van der Waals surface area contributed by atoms with Crippen molar-refractivity contribution in [1.82, 2.24) is 0 Å². The van der Waals surface area contributed by atoms with E-state index in [9.17, 15) is 9.18 Å². The van der Waals surface area contributed by atoms with Crippen molar-refractivity contribution in [3.63, 3.8) is 0 Å². The summed E-state index contributed by atoms with van der Waals surface area (Å²) < 4.78 is 13.2. The number of hydrogen-bond donors (Lipinski definition) is 3. The molecule has 4 nitrogen and oxygen atoms in total. The van der Waals surface area contributed by atoms with Crippen LogP contribution in [-0.2, 0) is 0 Å². The number of hydrogen-bond acceptors (Lipinski definition) is 3. The number of carboxylic acid groups (broad SMARTS) is 1. The minimum Gasteiger partial charge on any atom is -0.478 e. The van der Waals surface area contributed by atoms with Crippen LogP contribution in [0.2, 0.25) is 0 Å². The molecule has 0 saturated carbocycles. The molecule has 0 spiro atoms. The number of carboxylic acids is 1. The second-order valence-electron chi connectivity index (χ2n) is 3.68. The second-order valence-corrected chi connectivity index (χ2v) is 3.68. The number of benzene rings is 2. The average Bonchev–Trinajstić information content (AvgIpc) is 2.35. The van der Waals surface area contributed by atoms with Crippen LogP contribution in [0.1, 0.15) is 10.4 Å². The quantitative estimate of drug-likeness (QED) is 0.728. The number of aromatic carboxylic acids is 1. The fourth-order valence-corrected chi connectivity index (χ4v) is 1.61. The standard InChI is InChI=1S/C13H11FN2O2/c14-9-6-7-10(11(12(9)15)13(17)18)16-8-4-2-1-3-5-8/h1-7,16H,15H2,(H,17,18). The molecule has 0 heterocycles. The summed E-state index contributed by atoms with van der Waals surface area (Å²) in [7, 11) is 0. The summed E-state index contributed by atoms with van der Waals surface area (Å²) in [4.78, 5) is 11.1. The van der Waals surface area contributed by atoms with Crippen molar-refractivity contribution in [1.29, 1.82) is 0 Å². The number of nitrogen functional groups attached to an aromatic ring is 1. The molecule has 92 valence electrons. The van der Waals surface area contributed by atoms with Crippen molar-refractivity contribution in [3.05, 3.63) is 53.8 Å². The van der Waals surface area contributed by atoms with E-state index in [1.54, 1.807) is 24.3 Å². The number of carbonyl (C=O) groups is 1. The lowest BCUT2D eigenvalue weighted by Crippen LogP contribution is -2.08. The maximum atomic E-state index is 13.2. The van der Waals surface area contributed by atoms with Gasteiger partial charge in [0.2, 0.25) is 0 Å². The van der Waals surface area contributed by atoms with Crippen molar-refractivity contribution in [2.45, 2.75) is 0 Å². The zero-order chi connectivity index (χ0) is 13.1. The molecule has 0 atom stereocenters. The Bertz CT molecular complexity index is 585. The van der Waals surface area contributed by atoms with Crippen LogP contribution >= 0.6 is 0 Å². The number of rotatable bonds is 3. The SMILES string of the molecule is Nc1c(F)ccc(Nc2ccccc2)c1C(=O)O.